The molecular weight excluding hydrogens is 347 g/mol. The molecule has 0 bridgehead atoms. The Kier molecular flexibility index (Phi) is 4.71. The molecule has 0 saturated carbocycles. The zero-order valence-electron chi connectivity index (χ0n) is 11.9. The predicted octanol–water partition coefficient (Wildman–Crippen LogP) is -0.418. The molecule has 13 heteroatoms. The largest absolute Gasteiger partial charge is 0.594 e. The quantitative estimate of drug-likeness (QED) is 0.285. The molecule has 1 heterocycles. The molecule has 0 saturated heterocycles. The van der Waals surface area contributed by atoms with E-state index in [2.05, 4.69) is 14.7 Å². The summed E-state index contributed by atoms with van der Waals surface area (Å²) in [6, 6.07) is 1.81. The average Bonchev–Trinajstić information content (AvgIpc) is 2.52. The lowest BCUT2D eigenvalue weighted by molar-refractivity contribution is -0.384. The van der Waals surface area contributed by atoms with E-state index in [1.54, 1.807) is 0 Å². The number of alkyl carbamates (subject to hydrolysis) is 1. The number of rotatable bonds is 4. The van der Waals surface area contributed by atoms with Crippen LogP contribution in [0.25, 0.3) is 11.0 Å². The van der Waals surface area contributed by atoms with Gasteiger partial charge in [-0.1, -0.05) is 4.57 Å². The van der Waals surface area contributed by atoms with Gasteiger partial charge in [-0.05, 0) is 0 Å². The van der Waals surface area contributed by atoms with Crippen molar-refractivity contribution < 1.29 is 23.9 Å². The third-order valence-corrected chi connectivity index (χ3v) is 3.83. The second kappa shape index (κ2) is 6.56. The highest BCUT2D eigenvalue weighted by atomic mass is 31.1. The number of nitro benzene ring substituents is 1. The Morgan fingerprint density at radius 1 is 1.33 bits per heavy atom. The molecule has 3 N–H and O–H groups in total. The lowest BCUT2D eigenvalue weighted by atomic mass is 10.1. The summed E-state index contributed by atoms with van der Waals surface area (Å²) < 4.78 is 15.8. The van der Waals surface area contributed by atoms with Crippen LogP contribution in [-0.2, 0) is 9.30 Å². The van der Waals surface area contributed by atoms with Gasteiger partial charge in [-0.25, -0.2) is 4.79 Å². The summed E-state index contributed by atoms with van der Waals surface area (Å²) in [5, 5.41) is 13.0. The summed E-state index contributed by atoms with van der Waals surface area (Å²) in [5.74, 6) is -1.73. The number of hydrogen-bond donors (Lipinski definition) is 3. The van der Waals surface area contributed by atoms with Crippen molar-refractivity contribution >= 4 is 30.8 Å². The summed E-state index contributed by atoms with van der Waals surface area (Å²) in [6.07, 6.45) is -1.11. The van der Waals surface area contributed by atoms with E-state index in [0.717, 1.165) is 19.2 Å². The Balaban J connectivity index is 2.82. The normalized spacial score (nSPS) is 12.5. The van der Waals surface area contributed by atoms with Gasteiger partial charge in [0.25, 0.3) is 11.5 Å². The van der Waals surface area contributed by atoms with Crippen LogP contribution in [-0.4, -0.2) is 28.1 Å². The number of carbonyl (C=O) groups excluding carboxylic acids is 1. The SMILES string of the molecule is COC(=O)NC(c1cc([N+](=O)[O-])cc2[nH]c(=O)c(=O)[nH]c12)[P+](=O)[O-]. The van der Waals surface area contributed by atoms with E-state index in [0.29, 0.717) is 0 Å². The molecule has 0 radical (unpaired) electrons. The highest BCUT2D eigenvalue weighted by molar-refractivity contribution is 7.37. The number of benzene rings is 1. The van der Waals surface area contributed by atoms with Crippen molar-refractivity contribution in [3.63, 3.8) is 0 Å². The van der Waals surface area contributed by atoms with Gasteiger partial charge >= 0.3 is 25.2 Å². The molecule has 2 unspecified atom stereocenters. The summed E-state index contributed by atoms with van der Waals surface area (Å²) in [6.45, 7) is 0. The number of nitrogens with zero attached hydrogens (tertiary/aromatic N) is 1. The van der Waals surface area contributed by atoms with E-state index >= 15 is 0 Å². The van der Waals surface area contributed by atoms with Crippen molar-refractivity contribution in [2.75, 3.05) is 7.11 Å². The van der Waals surface area contributed by atoms with Crippen molar-refractivity contribution in [1.29, 1.82) is 0 Å². The Bertz CT molecular complexity index is 965. The van der Waals surface area contributed by atoms with Crippen LogP contribution >= 0.6 is 8.03 Å². The molecule has 0 spiro atoms. The molecule has 0 aliphatic carbocycles. The van der Waals surface area contributed by atoms with E-state index in [4.69, 9.17) is 0 Å². The molecule has 0 aliphatic rings. The van der Waals surface area contributed by atoms with Gasteiger partial charge in [-0.3, -0.25) is 25.0 Å². The zero-order chi connectivity index (χ0) is 18.0. The fraction of sp³-hybridized carbons (Fsp3) is 0.182. The molecule has 0 fully saturated rings. The molecule has 2 aromatic rings. The maximum atomic E-state index is 11.5. The number of aromatic amines is 2. The molecule has 1 aromatic heterocycles. The van der Waals surface area contributed by atoms with E-state index in [-0.39, 0.29) is 16.6 Å². The van der Waals surface area contributed by atoms with Gasteiger partial charge in [0.05, 0.1) is 28.6 Å². The lowest BCUT2D eigenvalue weighted by Crippen LogP contribution is -2.31. The van der Waals surface area contributed by atoms with Gasteiger partial charge in [0.1, 0.15) is 0 Å². The molecule has 12 nitrogen and oxygen atoms in total. The molecule has 2 rings (SSSR count). The number of hydrogen-bond acceptors (Lipinski definition) is 8. The van der Waals surface area contributed by atoms with Crippen LogP contribution < -0.4 is 21.3 Å². The fourth-order valence-electron chi connectivity index (χ4n) is 1.97. The number of nitro groups is 1. The van der Waals surface area contributed by atoms with E-state index in [9.17, 15) is 34.0 Å². The van der Waals surface area contributed by atoms with Crippen LogP contribution in [0.5, 0.6) is 0 Å². The van der Waals surface area contributed by atoms with Crippen molar-refractivity contribution in [3.8, 4) is 0 Å². The summed E-state index contributed by atoms with van der Waals surface area (Å²) in [5.41, 5.74) is -3.35. The number of carbonyl (C=O) groups is 1. The van der Waals surface area contributed by atoms with E-state index in [1.165, 1.54) is 0 Å². The number of ether oxygens (including phenoxy) is 1. The van der Waals surface area contributed by atoms with Crippen molar-refractivity contribution in [2.45, 2.75) is 5.78 Å². The van der Waals surface area contributed by atoms with Crippen molar-refractivity contribution in [3.05, 3.63) is 48.5 Å². The number of amides is 1. The number of H-pyrrole nitrogens is 2. The van der Waals surface area contributed by atoms with Gasteiger partial charge in [-0.2, -0.15) is 0 Å². The van der Waals surface area contributed by atoms with Gasteiger partial charge in [0.2, 0.25) is 0 Å². The number of non-ortho nitro benzene ring substituents is 1. The van der Waals surface area contributed by atoms with Gasteiger partial charge < -0.3 is 19.6 Å². The van der Waals surface area contributed by atoms with Crippen molar-refractivity contribution in [2.24, 2.45) is 0 Å². The minimum Gasteiger partial charge on any atom is -0.594 e. The molecule has 126 valence electrons. The van der Waals surface area contributed by atoms with Gasteiger partial charge in [0, 0.05) is 12.1 Å². The van der Waals surface area contributed by atoms with Gasteiger partial charge in [0.15, 0.2) is 0 Å². The average molecular weight is 356 g/mol. The molecule has 0 aliphatic heterocycles. The number of nitrogens with one attached hydrogen (secondary N) is 3. The van der Waals surface area contributed by atoms with Crippen LogP contribution in [0.3, 0.4) is 0 Å². The van der Waals surface area contributed by atoms with Gasteiger partial charge in [-0.15, -0.1) is 0 Å². The van der Waals surface area contributed by atoms with E-state index in [1.807, 2.05) is 5.32 Å². The van der Waals surface area contributed by atoms with Crippen LogP contribution in [0.1, 0.15) is 11.3 Å². The Labute approximate surface area is 132 Å². The molecule has 1 amide bonds. The molecule has 1 aromatic carbocycles. The van der Waals surface area contributed by atoms with Crippen LogP contribution in [0, 0.1) is 10.1 Å². The second-order valence-electron chi connectivity index (χ2n) is 4.45. The third-order valence-electron chi connectivity index (χ3n) is 3.00. The van der Waals surface area contributed by atoms with E-state index < -0.39 is 41.6 Å². The minimum absolute atomic E-state index is 0.169. The first-order chi connectivity index (χ1) is 11.2. The first kappa shape index (κ1) is 17.2. The summed E-state index contributed by atoms with van der Waals surface area (Å²) in [7, 11) is -2.35. The summed E-state index contributed by atoms with van der Waals surface area (Å²) >= 11 is 0. The third kappa shape index (κ3) is 3.29. The minimum atomic E-state index is -3.35. The second-order valence-corrected chi connectivity index (χ2v) is 5.53. The monoisotopic (exact) mass is 356 g/mol. The topological polar surface area (TPSA) is 187 Å². The lowest BCUT2D eigenvalue weighted by Gasteiger charge is -2.12. The zero-order valence-corrected chi connectivity index (χ0v) is 12.8. The molecular formula is C11H9N4O8P. The first-order valence-electron chi connectivity index (χ1n) is 6.17. The Morgan fingerprint density at radius 3 is 2.50 bits per heavy atom. The smallest absolute Gasteiger partial charge is 0.410 e. The van der Waals surface area contributed by atoms with Crippen LogP contribution in [0.15, 0.2) is 21.7 Å². The fourth-order valence-corrected chi connectivity index (χ4v) is 2.61. The number of aromatic nitrogens is 2. The Morgan fingerprint density at radius 2 is 1.96 bits per heavy atom. The maximum Gasteiger partial charge on any atom is 0.410 e. The van der Waals surface area contributed by atoms with Crippen LogP contribution in [0.2, 0.25) is 0 Å². The number of methoxy groups -OCH3 is 1. The highest BCUT2D eigenvalue weighted by Gasteiger charge is 2.31. The maximum absolute atomic E-state index is 11.5. The molecule has 2 atom stereocenters. The predicted molar refractivity (Wildman–Crippen MR) is 77.7 cm³/mol. The number of fused-ring (bicyclic) bond motifs is 1. The first-order valence-corrected chi connectivity index (χ1v) is 7.42. The summed E-state index contributed by atoms with van der Waals surface area (Å²) in [4.78, 5) is 60.1. The Hall–Kier alpha value is -3.11. The van der Waals surface area contributed by atoms with Crippen molar-refractivity contribution in [1.82, 2.24) is 15.3 Å². The highest BCUT2D eigenvalue weighted by Crippen LogP contribution is 2.36. The van der Waals surface area contributed by atoms with Crippen LogP contribution in [0.4, 0.5) is 10.5 Å². The molecule has 24 heavy (non-hydrogen) atoms. The standard InChI is InChI=1S/C11H9N4O8P/c1-23-11(18)14-10(24(21)22)5-2-4(15(19)20)3-6-7(5)13-9(17)8(16)12-6/h2-3,10H,1H3,(H,12,16)(H,13,17)(H,14,18).